The van der Waals surface area contributed by atoms with E-state index in [2.05, 4.69) is 29.7 Å². The Morgan fingerprint density at radius 1 is 1.23 bits per heavy atom. The van der Waals surface area contributed by atoms with Gasteiger partial charge in [0.05, 0.1) is 7.11 Å². The van der Waals surface area contributed by atoms with Gasteiger partial charge in [0.1, 0.15) is 5.75 Å². The highest BCUT2D eigenvalue weighted by Crippen LogP contribution is 2.44. The molecule has 26 heavy (non-hydrogen) atoms. The third kappa shape index (κ3) is 7.31. The van der Waals surface area contributed by atoms with Crippen molar-refractivity contribution in [3.63, 3.8) is 0 Å². The van der Waals surface area contributed by atoms with Crippen LogP contribution in [0, 0.1) is 5.41 Å². The molecule has 148 valence electrons. The first-order valence-electron chi connectivity index (χ1n) is 9.35. The van der Waals surface area contributed by atoms with Crippen LogP contribution in [0.1, 0.15) is 38.2 Å². The maximum atomic E-state index is 5.28. The highest BCUT2D eigenvalue weighted by molar-refractivity contribution is 14.0. The van der Waals surface area contributed by atoms with E-state index in [4.69, 9.17) is 14.5 Å². The summed E-state index contributed by atoms with van der Waals surface area (Å²) >= 11 is 0. The fourth-order valence-corrected chi connectivity index (χ4v) is 3.22. The molecule has 1 aliphatic carbocycles. The van der Waals surface area contributed by atoms with Crippen molar-refractivity contribution in [1.29, 1.82) is 0 Å². The number of ether oxygens (including phenoxy) is 2. The Labute approximate surface area is 175 Å². The summed E-state index contributed by atoms with van der Waals surface area (Å²) in [7, 11) is 3.48. The first kappa shape index (κ1) is 23.0. The van der Waals surface area contributed by atoms with E-state index in [1.807, 2.05) is 12.1 Å². The zero-order chi connectivity index (χ0) is 18.0. The molecule has 0 saturated heterocycles. The molecule has 0 spiro atoms. The second-order valence-electron chi connectivity index (χ2n) is 6.82. The van der Waals surface area contributed by atoms with Crippen LogP contribution >= 0.6 is 24.0 Å². The zero-order valence-electron chi connectivity index (χ0n) is 16.3. The van der Waals surface area contributed by atoms with Gasteiger partial charge in [0.15, 0.2) is 5.96 Å². The Morgan fingerprint density at radius 2 is 2.04 bits per heavy atom. The molecular formula is C20H34IN3O2. The van der Waals surface area contributed by atoms with E-state index in [-0.39, 0.29) is 24.0 Å². The van der Waals surface area contributed by atoms with Crippen LogP contribution in [0.2, 0.25) is 0 Å². The molecule has 1 aliphatic rings. The summed E-state index contributed by atoms with van der Waals surface area (Å²) in [4.78, 5) is 4.84. The monoisotopic (exact) mass is 475 g/mol. The minimum absolute atomic E-state index is 0. The van der Waals surface area contributed by atoms with Crippen molar-refractivity contribution >= 4 is 29.9 Å². The lowest BCUT2D eigenvalue weighted by Gasteiger charge is -2.40. The molecule has 0 bridgehead atoms. The van der Waals surface area contributed by atoms with Crippen LogP contribution in [0.5, 0.6) is 5.75 Å². The van der Waals surface area contributed by atoms with E-state index in [1.165, 1.54) is 24.8 Å². The Hall–Kier alpha value is -1.02. The number of benzene rings is 1. The molecule has 1 saturated carbocycles. The first-order chi connectivity index (χ1) is 12.2. The van der Waals surface area contributed by atoms with E-state index in [0.29, 0.717) is 5.41 Å². The second kappa shape index (κ2) is 12.4. The Balaban J connectivity index is 0.00000338. The number of hydrogen-bond acceptors (Lipinski definition) is 3. The average molecular weight is 475 g/mol. The van der Waals surface area contributed by atoms with Crippen molar-refractivity contribution in [2.75, 3.05) is 40.5 Å². The van der Waals surface area contributed by atoms with Gasteiger partial charge in [0, 0.05) is 33.4 Å². The molecule has 0 aromatic heterocycles. The molecule has 0 heterocycles. The zero-order valence-corrected chi connectivity index (χ0v) is 18.7. The maximum Gasteiger partial charge on any atom is 0.191 e. The molecule has 1 aromatic carbocycles. The maximum absolute atomic E-state index is 5.28. The van der Waals surface area contributed by atoms with E-state index in [9.17, 15) is 0 Å². The van der Waals surface area contributed by atoms with Crippen LogP contribution in [0.15, 0.2) is 29.3 Å². The number of methoxy groups -OCH3 is 2. The smallest absolute Gasteiger partial charge is 0.191 e. The predicted molar refractivity (Wildman–Crippen MR) is 119 cm³/mol. The lowest BCUT2D eigenvalue weighted by molar-refractivity contribution is 0.0778. The van der Waals surface area contributed by atoms with Gasteiger partial charge < -0.3 is 20.1 Å². The number of nitrogens with zero attached hydrogens (tertiary/aromatic N) is 1. The van der Waals surface area contributed by atoms with Crippen molar-refractivity contribution in [2.24, 2.45) is 10.4 Å². The van der Waals surface area contributed by atoms with Gasteiger partial charge in [-0.25, -0.2) is 0 Å². The van der Waals surface area contributed by atoms with Gasteiger partial charge in [-0.1, -0.05) is 18.6 Å². The molecule has 6 heteroatoms. The number of nitrogens with one attached hydrogen (secondary N) is 2. The molecule has 0 unspecified atom stereocenters. The molecule has 2 N–H and O–H groups in total. The molecular weight excluding hydrogens is 441 g/mol. The highest BCUT2D eigenvalue weighted by Gasteiger charge is 2.36. The number of hydrogen-bond donors (Lipinski definition) is 2. The second-order valence-corrected chi connectivity index (χ2v) is 6.82. The summed E-state index contributed by atoms with van der Waals surface area (Å²) in [5.74, 6) is 1.82. The van der Waals surface area contributed by atoms with Crippen molar-refractivity contribution in [2.45, 2.75) is 39.0 Å². The van der Waals surface area contributed by atoms with E-state index in [0.717, 1.165) is 50.8 Å². The number of rotatable bonds is 10. The minimum atomic E-state index is 0. The minimum Gasteiger partial charge on any atom is -0.497 e. The quantitative estimate of drug-likeness (QED) is 0.309. The van der Waals surface area contributed by atoms with E-state index in [1.54, 1.807) is 14.2 Å². The molecule has 0 radical (unpaired) electrons. The fourth-order valence-electron chi connectivity index (χ4n) is 3.22. The topological polar surface area (TPSA) is 54.9 Å². The van der Waals surface area contributed by atoms with Gasteiger partial charge in [0.2, 0.25) is 0 Å². The van der Waals surface area contributed by atoms with Gasteiger partial charge in [-0.15, -0.1) is 24.0 Å². The largest absolute Gasteiger partial charge is 0.497 e. The van der Waals surface area contributed by atoms with E-state index >= 15 is 0 Å². The lowest BCUT2D eigenvalue weighted by atomic mass is 9.67. The van der Waals surface area contributed by atoms with Crippen LogP contribution in [-0.4, -0.2) is 46.4 Å². The number of guanidine groups is 1. The highest BCUT2D eigenvalue weighted by atomic mass is 127. The Kier molecular flexibility index (Phi) is 11.0. The van der Waals surface area contributed by atoms with Crippen LogP contribution in [0.25, 0.3) is 0 Å². The first-order valence-corrected chi connectivity index (χ1v) is 9.35. The number of aliphatic imine (C=N–C) groups is 1. The van der Waals surface area contributed by atoms with Gasteiger partial charge in [-0.05, 0) is 55.7 Å². The lowest BCUT2D eigenvalue weighted by Crippen LogP contribution is -2.41. The van der Waals surface area contributed by atoms with Crippen LogP contribution in [0.4, 0.5) is 0 Å². The standard InChI is InChI=1S/C20H33N3O2.HI/c1-4-21-19(23-16-20(10-6-11-20)12-14-24-2)22-13-9-17-7-5-8-18(15-17)25-3;/h5,7-8,15H,4,6,9-14,16H2,1-3H3,(H2,21,22,23);1H. The average Bonchev–Trinajstić information content (AvgIpc) is 2.60. The van der Waals surface area contributed by atoms with Gasteiger partial charge in [-0.3, -0.25) is 4.99 Å². The summed E-state index contributed by atoms with van der Waals surface area (Å²) in [6, 6.07) is 8.21. The van der Waals surface area contributed by atoms with Crippen molar-refractivity contribution < 1.29 is 9.47 Å². The summed E-state index contributed by atoms with van der Waals surface area (Å²) in [5, 5.41) is 6.80. The number of halogens is 1. The van der Waals surface area contributed by atoms with Crippen LogP contribution < -0.4 is 15.4 Å². The molecule has 0 amide bonds. The third-order valence-corrected chi connectivity index (χ3v) is 5.01. The summed E-state index contributed by atoms with van der Waals surface area (Å²) in [6.45, 7) is 5.53. The summed E-state index contributed by atoms with van der Waals surface area (Å²) in [6.07, 6.45) is 5.90. The molecule has 2 rings (SSSR count). The SMILES string of the molecule is CCNC(=NCC1(CCOC)CCC1)NCCc1cccc(OC)c1.I. The summed E-state index contributed by atoms with van der Waals surface area (Å²) < 4.78 is 10.6. The third-order valence-electron chi connectivity index (χ3n) is 5.01. The molecule has 1 aromatic rings. The van der Waals surface area contributed by atoms with E-state index < -0.39 is 0 Å². The molecule has 0 atom stereocenters. The van der Waals surface area contributed by atoms with Crippen molar-refractivity contribution in [3.05, 3.63) is 29.8 Å². The van der Waals surface area contributed by atoms with Gasteiger partial charge in [-0.2, -0.15) is 0 Å². The van der Waals surface area contributed by atoms with Gasteiger partial charge in [0.25, 0.3) is 0 Å². The van der Waals surface area contributed by atoms with Crippen LogP contribution in [-0.2, 0) is 11.2 Å². The Morgan fingerprint density at radius 3 is 2.65 bits per heavy atom. The van der Waals surface area contributed by atoms with Crippen molar-refractivity contribution in [1.82, 2.24) is 10.6 Å². The van der Waals surface area contributed by atoms with Crippen molar-refractivity contribution in [3.8, 4) is 5.75 Å². The van der Waals surface area contributed by atoms with Gasteiger partial charge >= 0.3 is 0 Å². The fraction of sp³-hybridized carbons (Fsp3) is 0.650. The van der Waals surface area contributed by atoms with Crippen LogP contribution in [0.3, 0.4) is 0 Å². The molecule has 5 nitrogen and oxygen atoms in total. The molecule has 0 aliphatic heterocycles. The summed E-state index contributed by atoms with van der Waals surface area (Å²) in [5.41, 5.74) is 1.61. The normalized spacial score (nSPS) is 15.6. The predicted octanol–water partition coefficient (Wildman–Crippen LogP) is 3.62. The molecule has 1 fully saturated rings. The Bertz CT molecular complexity index is 548.